The average Bonchev–Trinajstić information content (AvgIpc) is 3.11. The van der Waals surface area contributed by atoms with Crippen LogP contribution in [0.5, 0.6) is 0 Å². The second kappa shape index (κ2) is 5.00. The summed E-state index contributed by atoms with van der Waals surface area (Å²) >= 11 is 0. The molecule has 122 valence electrons. The van der Waals surface area contributed by atoms with Crippen LogP contribution < -0.4 is 10.5 Å². The van der Waals surface area contributed by atoms with Crippen LogP contribution in [0.1, 0.15) is 0 Å². The molecule has 4 rings (SSSR count). The third-order valence-corrected chi connectivity index (χ3v) is 5.26. The Morgan fingerprint density at radius 1 is 1.12 bits per heavy atom. The molecule has 0 amide bonds. The van der Waals surface area contributed by atoms with Crippen LogP contribution >= 0.6 is 0 Å². The van der Waals surface area contributed by atoms with E-state index in [2.05, 4.69) is 9.71 Å². The van der Waals surface area contributed by atoms with E-state index in [0.29, 0.717) is 11.2 Å². The Morgan fingerprint density at radius 3 is 2.79 bits per heavy atom. The molecule has 8 heteroatoms. The van der Waals surface area contributed by atoms with Crippen molar-refractivity contribution < 1.29 is 12.8 Å². The van der Waals surface area contributed by atoms with Crippen LogP contribution in [-0.2, 0) is 17.1 Å². The maximum Gasteiger partial charge on any atom is 0.419 e. The fourth-order valence-corrected chi connectivity index (χ4v) is 3.68. The predicted octanol–water partition coefficient (Wildman–Crippen LogP) is 2.41. The number of hydrogen-bond acceptors (Lipinski definition) is 4. The van der Waals surface area contributed by atoms with Gasteiger partial charge in [0.2, 0.25) is 0 Å². The van der Waals surface area contributed by atoms with E-state index in [-0.39, 0.29) is 10.5 Å². The first-order chi connectivity index (χ1) is 11.4. The molecule has 7 nitrogen and oxygen atoms in total. The number of benzene rings is 2. The highest BCUT2D eigenvalue weighted by Crippen LogP contribution is 2.23. The van der Waals surface area contributed by atoms with Gasteiger partial charge in [0.05, 0.1) is 10.4 Å². The molecule has 0 aliphatic heterocycles. The number of aryl methyl sites for hydroxylation is 1. The van der Waals surface area contributed by atoms with Crippen molar-refractivity contribution in [2.24, 2.45) is 7.05 Å². The Balaban J connectivity index is 1.75. The van der Waals surface area contributed by atoms with Gasteiger partial charge in [-0.2, -0.15) is 0 Å². The monoisotopic (exact) mass is 343 g/mol. The highest BCUT2D eigenvalue weighted by atomic mass is 32.2. The maximum atomic E-state index is 12.6. The Kier molecular flexibility index (Phi) is 3.04. The largest absolute Gasteiger partial charge is 0.419 e. The molecule has 0 saturated carbocycles. The molecule has 2 aromatic heterocycles. The first kappa shape index (κ1) is 14.6. The number of aromatic amines is 1. The number of rotatable bonds is 3. The summed E-state index contributed by atoms with van der Waals surface area (Å²) in [6, 6.07) is 11.4. The van der Waals surface area contributed by atoms with Crippen LogP contribution in [0.25, 0.3) is 22.0 Å². The molecule has 0 bridgehead atoms. The summed E-state index contributed by atoms with van der Waals surface area (Å²) in [7, 11) is -2.23. The average molecular weight is 343 g/mol. The van der Waals surface area contributed by atoms with Crippen LogP contribution in [-0.4, -0.2) is 18.0 Å². The van der Waals surface area contributed by atoms with Gasteiger partial charge in [-0.15, -0.1) is 0 Å². The molecule has 2 aromatic carbocycles. The summed E-state index contributed by atoms with van der Waals surface area (Å²) in [5.74, 6) is -0.537. The molecule has 0 radical (unpaired) electrons. The zero-order valence-electron chi connectivity index (χ0n) is 12.6. The first-order valence-corrected chi connectivity index (χ1v) is 8.62. The van der Waals surface area contributed by atoms with Crippen molar-refractivity contribution in [3.63, 3.8) is 0 Å². The summed E-state index contributed by atoms with van der Waals surface area (Å²) in [6.45, 7) is 0. The summed E-state index contributed by atoms with van der Waals surface area (Å²) < 4.78 is 34.0. The number of anilines is 1. The minimum atomic E-state index is -3.79. The van der Waals surface area contributed by atoms with Gasteiger partial charge in [0, 0.05) is 35.9 Å². The standard InChI is InChI=1S/C16H13N3O4S/c1-19-14-5-3-12(9-15(14)23-16(19)20)24(21,22)18-11-2-4-13-10(8-11)6-7-17-13/h2-9,17-18H,1H3. The van der Waals surface area contributed by atoms with E-state index in [1.807, 2.05) is 6.07 Å². The van der Waals surface area contributed by atoms with Crippen LogP contribution in [0.2, 0.25) is 0 Å². The smallest absolute Gasteiger partial charge is 0.408 e. The second-order valence-electron chi connectivity index (χ2n) is 5.44. The van der Waals surface area contributed by atoms with Crippen molar-refractivity contribution in [1.29, 1.82) is 0 Å². The van der Waals surface area contributed by atoms with E-state index >= 15 is 0 Å². The Hall–Kier alpha value is -3.00. The zero-order valence-corrected chi connectivity index (χ0v) is 13.4. The molecular weight excluding hydrogens is 330 g/mol. The fourth-order valence-electron chi connectivity index (χ4n) is 2.61. The highest BCUT2D eigenvalue weighted by Gasteiger charge is 2.17. The lowest BCUT2D eigenvalue weighted by molar-refractivity contribution is 0.527. The molecule has 0 aliphatic rings. The van der Waals surface area contributed by atoms with Gasteiger partial charge in [-0.25, -0.2) is 13.2 Å². The molecule has 0 atom stereocenters. The minimum absolute atomic E-state index is 0.0264. The Bertz CT molecular complexity index is 1230. The van der Waals surface area contributed by atoms with Crippen LogP contribution in [0.3, 0.4) is 0 Å². The van der Waals surface area contributed by atoms with E-state index in [0.717, 1.165) is 10.9 Å². The van der Waals surface area contributed by atoms with Gasteiger partial charge < -0.3 is 9.40 Å². The van der Waals surface area contributed by atoms with Gasteiger partial charge in [0.15, 0.2) is 5.58 Å². The van der Waals surface area contributed by atoms with E-state index < -0.39 is 15.8 Å². The third-order valence-electron chi connectivity index (χ3n) is 3.88. The Labute approximate surface area is 136 Å². The summed E-state index contributed by atoms with van der Waals surface area (Å²) in [4.78, 5) is 14.6. The predicted molar refractivity (Wildman–Crippen MR) is 90.6 cm³/mol. The molecule has 2 N–H and O–H groups in total. The zero-order chi connectivity index (χ0) is 16.9. The topological polar surface area (TPSA) is 97.1 Å². The molecular formula is C16H13N3O4S. The highest BCUT2D eigenvalue weighted by molar-refractivity contribution is 7.92. The lowest BCUT2D eigenvalue weighted by atomic mass is 10.2. The molecule has 0 fully saturated rings. The SMILES string of the molecule is Cn1c(=O)oc2cc(S(=O)(=O)Nc3ccc4[nH]ccc4c3)ccc21. The first-order valence-electron chi connectivity index (χ1n) is 7.14. The van der Waals surface area contributed by atoms with E-state index in [1.165, 1.54) is 16.7 Å². The molecule has 0 unspecified atom stereocenters. The van der Waals surface area contributed by atoms with Crippen molar-refractivity contribution in [3.05, 3.63) is 59.2 Å². The van der Waals surface area contributed by atoms with Gasteiger partial charge in [-0.1, -0.05) is 0 Å². The van der Waals surface area contributed by atoms with Crippen molar-refractivity contribution in [1.82, 2.24) is 9.55 Å². The van der Waals surface area contributed by atoms with Gasteiger partial charge in [0.1, 0.15) is 0 Å². The molecule has 24 heavy (non-hydrogen) atoms. The second-order valence-corrected chi connectivity index (χ2v) is 7.12. The number of H-pyrrole nitrogens is 1. The third kappa shape index (κ3) is 2.28. The minimum Gasteiger partial charge on any atom is -0.408 e. The van der Waals surface area contributed by atoms with Crippen molar-refractivity contribution in [2.45, 2.75) is 4.90 Å². The number of nitrogens with zero attached hydrogens (tertiary/aromatic N) is 1. The van der Waals surface area contributed by atoms with Gasteiger partial charge >= 0.3 is 5.76 Å². The number of nitrogens with one attached hydrogen (secondary N) is 2. The molecule has 0 saturated heterocycles. The van der Waals surface area contributed by atoms with Crippen molar-refractivity contribution in [3.8, 4) is 0 Å². The number of hydrogen-bond donors (Lipinski definition) is 2. The van der Waals surface area contributed by atoms with Gasteiger partial charge in [-0.3, -0.25) is 9.29 Å². The molecule has 2 heterocycles. The number of oxazole rings is 1. The van der Waals surface area contributed by atoms with Crippen molar-refractivity contribution >= 4 is 37.7 Å². The quantitative estimate of drug-likeness (QED) is 0.597. The van der Waals surface area contributed by atoms with Crippen LogP contribution in [0.15, 0.2) is 62.8 Å². The normalized spacial score (nSPS) is 12.0. The number of fused-ring (bicyclic) bond motifs is 2. The Morgan fingerprint density at radius 2 is 1.96 bits per heavy atom. The van der Waals surface area contributed by atoms with Crippen LogP contribution in [0.4, 0.5) is 5.69 Å². The number of aromatic nitrogens is 2. The lowest BCUT2D eigenvalue weighted by Crippen LogP contribution is -2.12. The van der Waals surface area contributed by atoms with Gasteiger partial charge in [-0.05, 0) is 36.4 Å². The molecule has 4 aromatic rings. The summed E-state index contributed by atoms with van der Waals surface area (Å²) in [5, 5.41) is 0.903. The van der Waals surface area contributed by atoms with Crippen molar-refractivity contribution in [2.75, 3.05) is 4.72 Å². The molecule has 0 spiro atoms. The lowest BCUT2D eigenvalue weighted by Gasteiger charge is -2.08. The van der Waals surface area contributed by atoms with E-state index in [9.17, 15) is 13.2 Å². The van der Waals surface area contributed by atoms with E-state index in [4.69, 9.17) is 4.42 Å². The summed E-state index contributed by atoms with van der Waals surface area (Å²) in [6.07, 6.45) is 1.79. The summed E-state index contributed by atoms with van der Waals surface area (Å²) in [5.41, 5.74) is 2.14. The molecule has 0 aliphatic carbocycles. The fraction of sp³-hybridized carbons (Fsp3) is 0.0625. The van der Waals surface area contributed by atoms with Crippen LogP contribution in [0, 0.1) is 0 Å². The van der Waals surface area contributed by atoms with E-state index in [1.54, 1.807) is 37.5 Å². The van der Waals surface area contributed by atoms with Gasteiger partial charge in [0.25, 0.3) is 10.0 Å². The maximum absolute atomic E-state index is 12.6. The number of sulfonamides is 1.